The van der Waals surface area contributed by atoms with Crippen molar-refractivity contribution < 1.29 is 14.3 Å². The van der Waals surface area contributed by atoms with Crippen LogP contribution in [-0.2, 0) is 26.2 Å². The lowest BCUT2D eigenvalue weighted by Crippen LogP contribution is -2.47. The Morgan fingerprint density at radius 2 is 1.70 bits per heavy atom. The predicted octanol–water partition coefficient (Wildman–Crippen LogP) is 3.41. The summed E-state index contributed by atoms with van der Waals surface area (Å²) < 4.78 is 13.6. The molecule has 0 radical (unpaired) electrons. The average Bonchev–Trinajstić information content (AvgIpc) is 3.26. The van der Waals surface area contributed by atoms with Crippen LogP contribution in [0.25, 0.3) is 11.0 Å². The minimum atomic E-state index is -0.441. The van der Waals surface area contributed by atoms with Crippen molar-refractivity contribution in [3.8, 4) is 0 Å². The number of nitrogens with zero attached hydrogens (tertiary/aromatic N) is 4. The monoisotopic (exact) mass is 414 g/mol. The molecule has 4 heterocycles. The Hall–Kier alpha value is -1.99. The van der Waals surface area contributed by atoms with Gasteiger partial charge in [-0.25, -0.2) is 9.67 Å². The standard InChI is InChI=1S/C23H34N4O3/c1-15-18(16(2)24-21-20(15)17(3)25-27(21)22(4,5)6)7-8-19(28)26-11-9-23(10-12-26)29-13-14-30-23/h7-14H2,1-6H3. The molecule has 7 heteroatoms. The fourth-order valence-electron chi connectivity index (χ4n) is 4.81. The number of piperidine rings is 1. The smallest absolute Gasteiger partial charge is 0.222 e. The van der Waals surface area contributed by atoms with E-state index in [-0.39, 0.29) is 11.4 Å². The van der Waals surface area contributed by atoms with E-state index in [1.165, 1.54) is 11.1 Å². The second-order valence-corrected chi connectivity index (χ2v) is 9.66. The van der Waals surface area contributed by atoms with Gasteiger partial charge >= 0.3 is 0 Å². The van der Waals surface area contributed by atoms with Crippen LogP contribution in [0.2, 0.25) is 0 Å². The zero-order valence-corrected chi connectivity index (χ0v) is 19.2. The first-order valence-corrected chi connectivity index (χ1v) is 11.0. The number of amides is 1. The highest BCUT2D eigenvalue weighted by Gasteiger charge is 2.40. The number of fused-ring (bicyclic) bond motifs is 1. The Balaban J connectivity index is 1.49. The van der Waals surface area contributed by atoms with E-state index in [1.54, 1.807) is 0 Å². The maximum atomic E-state index is 12.9. The summed E-state index contributed by atoms with van der Waals surface area (Å²) in [6, 6.07) is 0. The number of carbonyl (C=O) groups excluding carboxylic acids is 1. The summed E-state index contributed by atoms with van der Waals surface area (Å²) in [5, 5.41) is 5.88. The molecular formula is C23H34N4O3. The molecule has 0 saturated carbocycles. The highest BCUT2D eigenvalue weighted by atomic mass is 16.7. The summed E-state index contributed by atoms with van der Waals surface area (Å²) in [6.45, 7) is 15.4. The first-order valence-electron chi connectivity index (χ1n) is 11.0. The van der Waals surface area contributed by atoms with Gasteiger partial charge in [-0.15, -0.1) is 0 Å². The van der Waals surface area contributed by atoms with E-state index in [4.69, 9.17) is 19.6 Å². The first-order chi connectivity index (χ1) is 14.1. The van der Waals surface area contributed by atoms with Crippen LogP contribution < -0.4 is 0 Å². The van der Waals surface area contributed by atoms with E-state index in [0.29, 0.717) is 39.1 Å². The van der Waals surface area contributed by atoms with E-state index in [1.807, 2.05) is 23.4 Å². The van der Waals surface area contributed by atoms with E-state index < -0.39 is 5.79 Å². The Labute approximate surface area is 178 Å². The van der Waals surface area contributed by atoms with Crippen molar-refractivity contribution in [3.05, 3.63) is 22.5 Å². The van der Waals surface area contributed by atoms with Crippen LogP contribution in [0.1, 0.15) is 62.5 Å². The van der Waals surface area contributed by atoms with Crippen molar-refractivity contribution in [1.82, 2.24) is 19.7 Å². The van der Waals surface area contributed by atoms with Crippen molar-refractivity contribution in [2.24, 2.45) is 0 Å². The fraction of sp³-hybridized carbons (Fsp3) is 0.696. The Morgan fingerprint density at radius 3 is 2.30 bits per heavy atom. The number of hydrogen-bond donors (Lipinski definition) is 0. The molecule has 1 amide bonds. The average molecular weight is 415 g/mol. The summed E-state index contributed by atoms with van der Waals surface area (Å²) in [4.78, 5) is 19.7. The summed E-state index contributed by atoms with van der Waals surface area (Å²) in [6.07, 6.45) is 2.72. The normalized spacial score (nSPS) is 19.2. The molecule has 2 aromatic rings. The van der Waals surface area contributed by atoms with Crippen LogP contribution in [-0.4, -0.2) is 57.7 Å². The van der Waals surface area contributed by atoms with E-state index in [0.717, 1.165) is 35.3 Å². The lowest BCUT2D eigenvalue weighted by molar-refractivity contribution is -0.187. The minimum absolute atomic E-state index is 0.131. The fourth-order valence-corrected chi connectivity index (χ4v) is 4.81. The molecule has 2 aromatic heterocycles. The van der Waals surface area contributed by atoms with Gasteiger partial charge < -0.3 is 14.4 Å². The van der Waals surface area contributed by atoms with Crippen LogP contribution in [0.15, 0.2) is 0 Å². The third-order valence-electron chi connectivity index (χ3n) is 6.49. The largest absolute Gasteiger partial charge is 0.347 e. The molecular weight excluding hydrogens is 380 g/mol. The molecule has 0 bridgehead atoms. The number of likely N-dealkylation sites (tertiary alicyclic amines) is 1. The predicted molar refractivity (Wildman–Crippen MR) is 116 cm³/mol. The minimum Gasteiger partial charge on any atom is -0.347 e. The zero-order chi connectivity index (χ0) is 21.7. The van der Waals surface area contributed by atoms with Crippen LogP contribution in [0.4, 0.5) is 0 Å². The van der Waals surface area contributed by atoms with Gasteiger partial charge in [-0.2, -0.15) is 5.10 Å². The van der Waals surface area contributed by atoms with Crippen molar-refractivity contribution >= 4 is 16.9 Å². The quantitative estimate of drug-likeness (QED) is 0.770. The number of rotatable bonds is 3. The third-order valence-corrected chi connectivity index (χ3v) is 6.49. The number of pyridine rings is 1. The summed E-state index contributed by atoms with van der Waals surface area (Å²) in [5.74, 6) is -0.243. The number of aryl methyl sites for hydroxylation is 3. The summed E-state index contributed by atoms with van der Waals surface area (Å²) in [5.41, 5.74) is 5.16. The van der Waals surface area contributed by atoms with Gasteiger partial charge in [0.1, 0.15) is 0 Å². The Bertz CT molecular complexity index is 957. The van der Waals surface area contributed by atoms with Gasteiger partial charge in [-0.3, -0.25) is 4.79 Å². The van der Waals surface area contributed by atoms with Gasteiger partial charge in [0.05, 0.1) is 24.4 Å². The second kappa shape index (κ2) is 7.61. The summed E-state index contributed by atoms with van der Waals surface area (Å²) in [7, 11) is 0. The lowest BCUT2D eigenvalue weighted by atomic mass is 9.98. The number of carbonyl (C=O) groups is 1. The molecule has 4 rings (SSSR count). The maximum absolute atomic E-state index is 12.9. The molecule has 164 valence electrons. The van der Waals surface area contributed by atoms with Gasteiger partial charge in [0, 0.05) is 43.4 Å². The van der Waals surface area contributed by atoms with Crippen molar-refractivity contribution in [2.45, 2.75) is 78.6 Å². The van der Waals surface area contributed by atoms with Crippen molar-refractivity contribution in [2.75, 3.05) is 26.3 Å². The van der Waals surface area contributed by atoms with Crippen LogP contribution in [0, 0.1) is 20.8 Å². The molecule has 7 nitrogen and oxygen atoms in total. The molecule has 1 spiro atoms. The lowest BCUT2D eigenvalue weighted by Gasteiger charge is -2.37. The highest BCUT2D eigenvalue weighted by Crippen LogP contribution is 2.32. The molecule has 0 unspecified atom stereocenters. The maximum Gasteiger partial charge on any atom is 0.222 e. The molecule has 2 fully saturated rings. The highest BCUT2D eigenvalue weighted by molar-refractivity contribution is 5.84. The molecule has 0 aromatic carbocycles. The van der Waals surface area contributed by atoms with Gasteiger partial charge in [0.15, 0.2) is 11.4 Å². The van der Waals surface area contributed by atoms with Crippen LogP contribution in [0.3, 0.4) is 0 Å². The Kier molecular flexibility index (Phi) is 5.39. The number of ether oxygens (including phenoxy) is 2. The molecule has 0 atom stereocenters. The molecule has 2 aliphatic heterocycles. The van der Waals surface area contributed by atoms with Gasteiger partial charge in [-0.05, 0) is 59.1 Å². The molecule has 2 aliphatic rings. The topological polar surface area (TPSA) is 69.5 Å². The number of aromatic nitrogens is 3. The first kappa shape index (κ1) is 21.2. The van der Waals surface area contributed by atoms with Crippen molar-refractivity contribution in [1.29, 1.82) is 0 Å². The third kappa shape index (κ3) is 3.73. The summed E-state index contributed by atoms with van der Waals surface area (Å²) >= 11 is 0. The van der Waals surface area contributed by atoms with Gasteiger partial charge in [0.2, 0.25) is 5.91 Å². The van der Waals surface area contributed by atoms with Crippen LogP contribution in [0.5, 0.6) is 0 Å². The zero-order valence-electron chi connectivity index (χ0n) is 19.2. The van der Waals surface area contributed by atoms with Crippen molar-refractivity contribution in [3.63, 3.8) is 0 Å². The number of hydrogen-bond acceptors (Lipinski definition) is 5. The Morgan fingerprint density at radius 1 is 1.07 bits per heavy atom. The molecule has 2 saturated heterocycles. The van der Waals surface area contributed by atoms with Gasteiger partial charge in [0.25, 0.3) is 0 Å². The van der Waals surface area contributed by atoms with E-state index >= 15 is 0 Å². The molecule has 0 N–H and O–H groups in total. The van der Waals surface area contributed by atoms with E-state index in [9.17, 15) is 4.79 Å². The molecule has 30 heavy (non-hydrogen) atoms. The van der Waals surface area contributed by atoms with E-state index in [2.05, 4.69) is 27.7 Å². The second-order valence-electron chi connectivity index (χ2n) is 9.66. The van der Waals surface area contributed by atoms with Crippen LogP contribution >= 0.6 is 0 Å². The van der Waals surface area contributed by atoms with Gasteiger partial charge in [-0.1, -0.05) is 0 Å². The molecule has 0 aliphatic carbocycles. The SMILES string of the molecule is Cc1nc2c(c(C)nn2C(C)(C)C)c(C)c1CCC(=O)N1CCC2(CC1)OCCO2.